The second kappa shape index (κ2) is 8.32. The molecule has 1 aromatic carbocycles. The maximum atomic E-state index is 12.6. The van der Waals surface area contributed by atoms with E-state index in [0.29, 0.717) is 23.6 Å². The molecule has 2 N–H and O–H groups in total. The van der Waals surface area contributed by atoms with Gasteiger partial charge >= 0.3 is 0 Å². The maximum absolute atomic E-state index is 12.6. The zero-order valence-electron chi connectivity index (χ0n) is 17.1. The Labute approximate surface area is 169 Å². The largest absolute Gasteiger partial charge is 0.351 e. The van der Waals surface area contributed by atoms with Crippen molar-refractivity contribution in [3.8, 4) is 0 Å². The minimum Gasteiger partial charge on any atom is -0.351 e. The van der Waals surface area contributed by atoms with Crippen molar-refractivity contribution in [2.75, 3.05) is 19.6 Å². The van der Waals surface area contributed by atoms with Crippen molar-refractivity contribution in [1.82, 2.24) is 30.0 Å². The van der Waals surface area contributed by atoms with Crippen molar-refractivity contribution in [2.45, 2.75) is 52.0 Å². The van der Waals surface area contributed by atoms with Crippen molar-refractivity contribution in [3.05, 3.63) is 39.8 Å². The quantitative estimate of drug-likeness (QED) is 0.623. The van der Waals surface area contributed by atoms with Crippen LogP contribution in [0.15, 0.2) is 23.0 Å². The number of carbonyl (C=O) groups is 1. The summed E-state index contributed by atoms with van der Waals surface area (Å²) >= 11 is 0. The van der Waals surface area contributed by atoms with Gasteiger partial charge in [0.05, 0.1) is 11.0 Å². The number of rotatable bonds is 6. The summed E-state index contributed by atoms with van der Waals surface area (Å²) in [5, 5.41) is 11.0. The van der Waals surface area contributed by atoms with E-state index in [1.165, 1.54) is 30.2 Å². The topological polar surface area (TPSA) is 95.4 Å². The Bertz CT molecular complexity index is 1090. The summed E-state index contributed by atoms with van der Waals surface area (Å²) in [5.41, 5.74) is 2.31. The number of aryl methyl sites for hydroxylation is 1. The van der Waals surface area contributed by atoms with Crippen LogP contribution in [0.1, 0.15) is 55.1 Å². The van der Waals surface area contributed by atoms with Gasteiger partial charge in [-0.1, -0.05) is 24.6 Å². The summed E-state index contributed by atoms with van der Waals surface area (Å²) in [6.07, 6.45) is 5.89. The lowest BCUT2D eigenvalue weighted by atomic mass is 10.00. The van der Waals surface area contributed by atoms with E-state index in [1.54, 1.807) is 0 Å². The number of benzene rings is 1. The molecule has 2 aromatic heterocycles. The molecule has 0 aliphatic carbocycles. The number of nitrogens with zero attached hydrogens (tertiary/aromatic N) is 4. The molecule has 1 saturated heterocycles. The average Bonchev–Trinajstić information content (AvgIpc) is 3.17. The monoisotopic (exact) mass is 396 g/mol. The van der Waals surface area contributed by atoms with Crippen LogP contribution in [0.4, 0.5) is 0 Å². The molecule has 1 aliphatic heterocycles. The van der Waals surface area contributed by atoms with Gasteiger partial charge in [0.2, 0.25) is 0 Å². The summed E-state index contributed by atoms with van der Waals surface area (Å²) in [4.78, 5) is 30.6. The van der Waals surface area contributed by atoms with E-state index in [0.717, 1.165) is 25.1 Å². The zero-order chi connectivity index (χ0) is 20.4. The summed E-state index contributed by atoms with van der Waals surface area (Å²) in [5.74, 6) is -0.359. The van der Waals surface area contributed by atoms with Crippen LogP contribution in [0, 0.1) is 6.92 Å². The first-order chi connectivity index (χ1) is 14.1. The summed E-state index contributed by atoms with van der Waals surface area (Å²) in [6.45, 7) is 6.87. The minimum atomic E-state index is -0.364. The highest BCUT2D eigenvalue weighted by Crippen LogP contribution is 2.19. The van der Waals surface area contributed by atoms with Crippen LogP contribution in [0.3, 0.4) is 0 Å². The smallest absolute Gasteiger partial charge is 0.277 e. The lowest BCUT2D eigenvalue weighted by Gasteiger charge is -2.35. The first-order valence-corrected chi connectivity index (χ1v) is 10.5. The molecule has 0 radical (unpaired) electrons. The molecule has 1 fully saturated rings. The predicted octanol–water partition coefficient (Wildman–Crippen LogP) is 2.26. The number of carbonyl (C=O) groups excluding carboxylic acids is 1. The molecule has 4 rings (SSSR count). The zero-order valence-corrected chi connectivity index (χ0v) is 17.1. The van der Waals surface area contributed by atoms with Gasteiger partial charge in [0.25, 0.3) is 11.5 Å². The van der Waals surface area contributed by atoms with Crippen molar-refractivity contribution in [3.63, 3.8) is 0 Å². The molecule has 0 bridgehead atoms. The van der Waals surface area contributed by atoms with E-state index in [-0.39, 0.29) is 22.7 Å². The fourth-order valence-electron chi connectivity index (χ4n) is 4.31. The standard InChI is InChI=1S/C21H28N6O2/c1-3-15-7-4-5-11-26(15)12-6-10-22-20(28)18-19-21(29)23-16-13-14(2)8-9-17(16)27(19)25-24-18/h8-9,13,15H,3-7,10-12H2,1-2H3,(H,22,28)(H,23,29). The number of piperidine rings is 1. The summed E-state index contributed by atoms with van der Waals surface area (Å²) in [7, 11) is 0. The van der Waals surface area contributed by atoms with E-state index in [4.69, 9.17) is 0 Å². The van der Waals surface area contributed by atoms with Gasteiger partial charge < -0.3 is 15.2 Å². The molecule has 1 amide bonds. The van der Waals surface area contributed by atoms with Gasteiger partial charge in [-0.05, 0) is 56.8 Å². The number of aromatic nitrogens is 4. The number of H-pyrrole nitrogens is 1. The fourth-order valence-corrected chi connectivity index (χ4v) is 4.31. The van der Waals surface area contributed by atoms with E-state index < -0.39 is 0 Å². The average molecular weight is 396 g/mol. The van der Waals surface area contributed by atoms with E-state index in [1.807, 2.05) is 25.1 Å². The Hall–Kier alpha value is -2.74. The second-order valence-corrected chi connectivity index (χ2v) is 7.88. The number of amides is 1. The highest BCUT2D eigenvalue weighted by molar-refractivity contribution is 5.99. The van der Waals surface area contributed by atoms with Crippen LogP contribution in [-0.2, 0) is 0 Å². The molecule has 29 heavy (non-hydrogen) atoms. The molecule has 8 nitrogen and oxygen atoms in total. The fraction of sp³-hybridized carbons (Fsp3) is 0.524. The molecule has 3 heterocycles. The highest BCUT2D eigenvalue weighted by Gasteiger charge is 2.21. The molecule has 154 valence electrons. The molecule has 1 atom stereocenters. The summed E-state index contributed by atoms with van der Waals surface area (Å²) in [6, 6.07) is 6.34. The van der Waals surface area contributed by atoms with E-state index >= 15 is 0 Å². The number of fused-ring (bicyclic) bond motifs is 3. The SMILES string of the molecule is CCC1CCCCN1CCCNC(=O)c1nnn2c1c(=O)[nH]c1cc(C)ccc12. The maximum Gasteiger partial charge on any atom is 0.277 e. The van der Waals surface area contributed by atoms with Gasteiger partial charge in [-0.15, -0.1) is 5.10 Å². The molecular weight excluding hydrogens is 368 g/mol. The van der Waals surface area contributed by atoms with Crippen LogP contribution < -0.4 is 10.9 Å². The highest BCUT2D eigenvalue weighted by atomic mass is 16.2. The first-order valence-electron chi connectivity index (χ1n) is 10.5. The Morgan fingerprint density at radius 1 is 1.34 bits per heavy atom. The minimum absolute atomic E-state index is 0.0677. The van der Waals surface area contributed by atoms with Crippen LogP contribution >= 0.6 is 0 Å². The van der Waals surface area contributed by atoms with Crippen LogP contribution in [0.5, 0.6) is 0 Å². The van der Waals surface area contributed by atoms with Crippen molar-refractivity contribution in [1.29, 1.82) is 0 Å². The van der Waals surface area contributed by atoms with Crippen LogP contribution in [0.25, 0.3) is 16.6 Å². The molecule has 1 aliphatic rings. The van der Waals surface area contributed by atoms with Gasteiger partial charge in [-0.25, -0.2) is 4.52 Å². The second-order valence-electron chi connectivity index (χ2n) is 7.88. The normalized spacial score (nSPS) is 17.8. The van der Waals surface area contributed by atoms with Gasteiger partial charge in [0.15, 0.2) is 11.2 Å². The summed E-state index contributed by atoms with van der Waals surface area (Å²) < 4.78 is 1.45. The van der Waals surface area contributed by atoms with Crippen molar-refractivity contribution < 1.29 is 4.79 Å². The third-order valence-corrected chi connectivity index (χ3v) is 5.86. The molecule has 1 unspecified atom stereocenters. The van der Waals surface area contributed by atoms with Crippen LogP contribution in [0.2, 0.25) is 0 Å². The van der Waals surface area contributed by atoms with E-state index in [9.17, 15) is 9.59 Å². The first kappa shape index (κ1) is 19.6. The lowest BCUT2D eigenvalue weighted by Crippen LogP contribution is -2.40. The molecule has 0 saturated carbocycles. The predicted molar refractivity (Wildman–Crippen MR) is 112 cm³/mol. The molecule has 8 heteroatoms. The van der Waals surface area contributed by atoms with Gasteiger partial charge in [0.1, 0.15) is 0 Å². The molecule has 0 spiro atoms. The molecular formula is C21H28N6O2. The number of hydrogen-bond donors (Lipinski definition) is 2. The Kier molecular flexibility index (Phi) is 5.62. The number of aromatic amines is 1. The van der Waals surface area contributed by atoms with Crippen LogP contribution in [-0.4, -0.2) is 56.3 Å². The van der Waals surface area contributed by atoms with Gasteiger partial charge in [-0.3, -0.25) is 9.59 Å². The number of likely N-dealkylation sites (tertiary alicyclic amines) is 1. The molecule has 3 aromatic rings. The third kappa shape index (κ3) is 3.89. The Morgan fingerprint density at radius 3 is 3.03 bits per heavy atom. The Morgan fingerprint density at radius 2 is 2.21 bits per heavy atom. The lowest BCUT2D eigenvalue weighted by molar-refractivity contribution is 0.0944. The van der Waals surface area contributed by atoms with Crippen molar-refractivity contribution in [2.24, 2.45) is 0 Å². The number of hydrogen-bond acceptors (Lipinski definition) is 5. The van der Waals surface area contributed by atoms with E-state index in [2.05, 4.69) is 32.4 Å². The van der Waals surface area contributed by atoms with Gasteiger partial charge in [-0.2, -0.15) is 0 Å². The van der Waals surface area contributed by atoms with Gasteiger partial charge in [0, 0.05) is 19.1 Å². The Balaban J connectivity index is 1.45. The van der Waals surface area contributed by atoms with Crippen molar-refractivity contribution >= 4 is 22.5 Å². The third-order valence-electron chi connectivity index (χ3n) is 5.86. The number of nitrogens with one attached hydrogen (secondary N) is 2.